The Balaban J connectivity index is 0.00000192. The van der Waals surface area contributed by atoms with E-state index < -0.39 is 0 Å². The van der Waals surface area contributed by atoms with E-state index in [4.69, 9.17) is 15.2 Å². The van der Waals surface area contributed by atoms with E-state index in [1.165, 1.54) is 0 Å². The summed E-state index contributed by atoms with van der Waals surface area (Å²) >= 11 is 0. The van der Waals surface area contributed by atoms with Crippen LogP contribution in [0, 0.1) is 5.92 Å². The lowest BCUT2D eigenvalue weighted by Gasteiger charge is -2.17. The number of nitrogens with two attached hydrogens (primary N) is 1. The summed E-state index contributed by atoms with van der Waals surface area (Å²) in [7, 11) is 0. The first kappa shape index (κ1) is 18.0. The van der Waals surface area contributed by atoms with E-state index >= 15 is 0 Å². The summed E-state index contributed by atoms with van der Waals surface area (Å²) in [6.07, 6.45) is 3.33. The first-order valence-corrected chi connectivity index (χ1v) is 8.10. The van der Waals surface area contributed by atoms with Crippen molar-refractivity contribution in [1.82, 2.24) is 4.90 Å². The smallest absolute Gasteiger partial charge is 0.253 e. The number of amides is 1. The lowest BCUT2D eigenvalue weighted by molar-refractivity contribution is 0.0678. The van der Waals surface area contributed by atoms with Crippen LogP contribution in [0.3, 0.4) is 0 Å². The molecule has 1 aromatic carbocycles. The maximum atomic E-state index is 12.5. The fourth-order valence-corrected chi connectivity index (χ4v) is 3.08. The number of nitrogens with zero attached hydrogens (tertiary/aromatic N) is 1. The Kier molecular flexibility index (Phi) is 6.69. The number of benzene rings is 1. The van der Waals surface area contributed by atoms with Gasteiger partial charge in [0.25, 0.3) is 5.91 Å². The second kappa shape index (κ2) is 8.52. The molecular formula is C17H25ClN2O3. The summed E-state index contributed by atoms with van der Waals surface area (Å²) in [6.45, 7) is 3.58. The molecule has 0 aliphatic carbocycles. The first-order valence-electron chi connectivity index (χ1n) is 8.10. The summed E-state index contributed by atoms with van der Waals surface area (Å²) in [5.74, 6) is 1.23. The van der Waals surface area contributed by atoms with E-state index in [1.54, 1.807) is 0 Å². The predicted octanol–water partition coefficient (Wildman–Crippen LogP) is 2.09. The lowest BCUT2D eigenvalue weighted by Crippen LogP contribution is -2.29. The van der Waals surface area contributed by atoms with Gasteiger partial charge in [0.2, 0.25) is 0 Å². The average Bonchev–Trinajstić information content (AvgIpc) is 3.24. The molecule has 5 nitrogen and oxygen atoms in total. The van der Waals surface area contributed by atoms with Crippen LogP contribution in [0.4, 0.5) is 0 Å². The molecule has 0 spiro atoms. The Morgan fingerprint density at radius 2 is 2.26 bits per heavy atom. The molecule has 3 rings (SSSR count). The Bertz CT molecular complexity index is 520. The molecule has 2 unspecified atom stereocenters. The standard InChI is InChI=1S/C17H24N2O3.ClH/c18-10-13-6-7-19(11-13)17(20)14-3-1-4-15(9-14)22-12-16-5-2-8-21-16;/h1,3-4,9,13,16H,2,5-8,10-12,18H2;1H. The molecule has 1 amide bonds. The summed E-state index contributed by atoms with van der Waals surface area (Å²) in [5, 5.41) is 0. The molecule has 2 aliphatic rings. The highest BCUT2D eigenvalue weighted by molar-refractivity contribution is 5.94. The number of halogens is 1. The molecule has 2 N–H and O–H groups in total. The SMILES string of the molecule is Cl.NCC1CCN(C(=O)c2cccc(OCC3CCCO3)c2)C1. The van der Waals surface area contributed by atoms with E-state index in [2.05, 4.69) is 0 Å². The third kappa shape index (κ3) is 4.59. The van der Waals surface area contributed by atoms with Gasteiger partial charge in [0.1, 0.15) is 12.4 Å². The minimum Gasteiger partial charge on any atom is -0.491 e. The molecule has 0 radical (unpaired) electrons. The minimum absolute atomic E-state index is 0. The molecule has 6 heteroatoms. The largest absolute Gasteiger partial charge is 0.491 e. The van der Waals surface area contributed by atoms with Crippen molar-refractivity contribution >= 4 is 18.3 Å². The van der Waals surface area contributed by atoms with Gasteiger partial charge in [-0.1, -0.05) is 6.07 Å². The van der Waals surface area contributed by atoms with Crippen molar-refractivity contribution < 1.29 is 14.3 Å². The van der Waals surface area contributed by atoms with E-state index in [0.29, 0.717) is 24.6 Å². The van der Waals surface area contributed by atoms with E-state index in [1.807, 2.05) is 29.2 Å². The molecule has 0 aromatic heterocycles. The van der Waals surface area contributed by atoms with Gasteiger partial charge in [0, 0.05) is 25.3 Å². The highest BCUT2D eigenvalue weighted by atomic mass is 35.5. The predicted molar refractivity (Wildman–Crippen MR) is 91.2 cm³/mol. The third-order valence-corrected chi connectivity index (χ3v) is 4.45. The minimum atomic E-state index is 0. The van der Waals surface area contributed by atoms with Crippen LogP contribution in [0.15, 0.2) is 24.3 Å². The van der Waals surface area contributed by atoms with Crippen LogP contribution in [0.25, 0.3) is 0 Å². The molecular weight excluding hydrogens is 316 g/mol. The molecule has 1 aromatic rings. The summed E-state index contributed by atoms with van der Waals surface area (Å²) in [4.78, 5) is 14.4. The van der Waals surface area contributed by atoms with Crippen LogP contribution in [-0.4, -0.2) is 49.8 Å². The highest BCUT2D eigenvalue weighted by Gasteiger charge is 2.26. The van der Waals surface area contributed by atoms with Gasteiger partial charge in [-0.15, -0.1) is 12.4 Å². The van der Waals surface area contributed by atoms with Crippen LogP contribution in [0.5, 0.6) is 5.75 Å². The van der Waals surface area contributed by atoms with E-state index in [9.17, 15) is 4.79 Å². The normalized spacial score (nSPS) is 23.6. The lowest BCUT2D eigenvalue weighted by atomic mass is 10.1. The maximum Gasteiger partial charge on any atom is 0.253 e. The van der Waals surface area contributed by atoms with Crippen LogP contribution in [0.2, 0.25) is 0 Å². The molecule has 2 atom stereocenters. The number of carbonyl (C=O) groups is 1. The van der Waals surface area contributed by atoms with Gasteiger partial charge in [0.05, 0.1) is 6.10 Å². The van der Waals surface area contributed by atoms with Crippen molar-refractivity contribution in [3.63, 3.8) is 0 Å². The van der Waals surface area contributed by atoms with Crippen molar-refractivity contribution in [3.05, 3.63) is 29.8 Å². The van der Waals surface area contributed by atoms with Crippen molar-refractivity contribution in [1.29, 1.82) is 0 Å². The summed E-state index contributed by atoms with van der Waals surface area (Å²) < 4.78 is 11.3. The maximum absolute atomic E-state index is 12.5. The second-order valence-corrected chi connectivity index (χ2v) is 6.12. The number of hydrogen-bond donors (Lipinski definition) is 1. The van der Waals surface area contributed by atoms with Gasteiger partial charge in [-0.3, -0.25) is 4.79 Å². The van der Waals surface area contributed by atoms with Gasteiger partial charge in [-0.2, -0.15) is 0 Å². The zero-order valence-corrected chi connectivity index (χ0v) is 14.1. The zero-order chi connectivity index (χ0) is 15.4. The molecule has 128 valence electrons. The Morgan fingerprint density at radius 1 is 1.39 bits per heavy atom. The molecule has 2 fully saturated rings. The topological polar surface area (TPSA) is 64.8 Å². The number of rotatable bonds is 5. The van der Waals surface area contributed by atoms with Crippen LogP contribution in [0.1, 0.15) is 29.6 Å². The van der Waals surface area contributed by atoms with Gasteiger partial charge < -0.3 is 20.1 Å². The average molecular weight is 341 g/mol. The fourth-order valence-electron chi connectivity index (χ4n) is 3.08. The Labute approximate surface area is 143 Å². The number of hydrogen-bond acceptors (Lipinski definition) is 4. The van der Waals surface area contributed by atoms with Crippen LogP contribution >= 0.6 is 12.4 Å². The summed E-state index contributed by atoms with van der Waals surface area (Å²) in [5.41, 5.74) is 6.37. The molecule has 23 heavy (non-hydrogen) atoms. The third-order valence-electron chi connectivity index (χ3n) is 4.45. The van der Waals surface area contributed by atoms with Gasteiger partial charge in [0.15, 0.2) is 0 Å². The van der Waals surface area contributed by atoms with Crippen molar-refractivity contribution in [2.45, 2.75) is 25.4 Å². The molecule has 2 saturated heterocycles. The van der Waals surface area contributed by atoms with E-state index in [0.717, 1.165) is 44.7 Å². The van der Waals surface area contributed by atoms with Gasteiger partial charge in [-0.05, 0) is 49.9 Å². The molecule has 2 aliphatic heterocycles. The van der Waals surface area contributed by atoms with Gasteiger partial charge in [-0.25, -0.2) is 0 Å². The number of ether oxygens (including phenoxy) is 2. The molecule has 0 bridgehead atoms. The van der Waals surface area contributed by atoms with Crippen LogP contribution < -0.4 is 10.5 Å². The Morgan fingerprint density at radius 3 is 2.96 bits per heavy atom. The number of carbonyl (C=O) groups excluding carboxylic acids is 1. The van der Waals surface area contributed by atoms with Crippen LogP contribution in [-0.2, 0) is 4.74 Å². The fraction of sp³-hybridized carbons (Fsp3) is 0.588. The van der Waals surface area contributed by atoms with Crippen molar-refractivity contribution in [2.75, 3.05) is 32.8 Å². The Hall–Kier alpha value is -1.30. The molecule has 2 heterocycles. The summed E-state index contributed by atoms with van der Waals surface area (Å²) in [6, 6.07) is 7.43. The zero-order valence-electron chi connectivity index (χ0n) is 13.3. The molecule has 0 saturated carbocycles. The highest BCUT2D eigenvalue weighted by Crippen LogP contribution is 2.21. The quantitative estimate of drug-likeness (QED) is 0.891. The second-order valence-electron chi connectivity index (χ2n) is 6.12. The van der Waals surface area contributed by atoms with E-state index in [-0.39, 0.29) is 24.4 Å². The number of likely N-dealkylation sites (tertiary alicyclic amines) is 1. The van der Waals surface area contributed by atoms with Crippen molar-refractivity contribution in [2.24, 2.45) is 11.7 Å². The monoisotopic (exact) mass is 340 g/mol. The van der Waals surface area contributed by atoms with Gasteiger partial charge >= 0.3 is 0 Å². The van der Waals surface area contributed by atoms with Crippen molar-refractivity contribution in [3.8, 4) is 5.75 Å². The first-order chi connectivity index (χ1) is 10.8.